The molecule has 0 N–H and O–H groups in total. The van der Waals surface area contributed by atoms with Gasteiger partial charge in [-0.2, -0.15) is 0 Å². The summed E-state index contributed by atoms with van der Waals surface area (Å²) < 4.78 is 22.6. The lowest BCUT2D eigenvalue weighted by atomic mass is 10.2. The maximum atomic E-state index is 13.0. The second kappa shape index (κ2) is 7.42. The van der Waals surface area contributed by atoms with Gasteiger partial charge in [0.05, 0.1) is 4.92 Å². The van der Waals surface area contributed by atoms with Gasteiger partial charge in [0.2, 0.25) is 6.36 Å². The predicted molar refractivity (Wildman–Crippen MR) is 69.2 cm³/mol. The molecule has 0 bridgehead atoms. The highest BCUT2D eigenvalue weighted by atomic mass is 19.1. The van der Waals surface area contributed by atoms with Gasteiger partial charge in [0.25, 0.3) is 5.69 Å². The number of aryl methyl sites for hydroxylation is 1. The minimum atomic E-state index is -1.63. The van der Waals surface area contributed by atoms with E-state index in [4.69, 9.17) is 4.74 Å². The lowest BCUT2D eigenvalue weighted by molar-refractivity contribution is -0.385. The largest absolute Gasteiger partial charge is 0.482 e. The minimum absolute atomic E-state index is 0.0355. The van der Waals surface area contributed by atoms with Gasteiger partial charge < -0.3 is 9.47 Å². The summed E-state index contributed by atoms with van der Waals surface area (Å²) in [5, 5.41) is 10.6. The Kier molecular flexibility index (Phi) is 5.89. The van der Waals surface area contributed by atoms with Crippen LogP contribution in [0.15, 0.2) is 18.2 Å². The number of ether oxygens (including phenoxy) is 2. The standard InChI is InChI=1S/C13H16FNO5/c1-3-4-12(14)20-13(16)8-19-10-5-6-11(15(17)18)9(2)7-10/h5-7,12H,3-4,8H2,1-2H3. The number of hydrogen-bond donors (Lipinski definition) is 0. The summed E-state index contributed by atoms with van der Waals surface area (Å²) in [7, 11) is 0. The van der Waals surface area contributed by atoms with Crippen LogP contribution in [0.1, 0.15) is 25.3 Å². The second-order valence-electron chi connectivity index (χ2n) is 4.18. The Bertz CT molecular complexity index is 492. The number of nitro benzene ring substituents is 1. The number of carbonyl (C=O) groups excluding carboxylic acids is 1. The summed E-state index contributed by atoms with van der Waals surface area (Å²) in [5.74, 6) is -0.530. The van der Waals surface area contributed by atoms with Crippen LogP contribution in [0, 0.1) is 17.0 Å². The molecule has 0 aromatic heterocycles. The Balaban J connectivity index is 2.52. The molecule has 0 radical (unpaired) electrons. The molecule has 0 amide bonds. The second-order valence-corrected chi connectivity index (χ2v) is 4.18. The number of alkyl halides is 1. The molecule has 1 atom stereocenters. The molecule has 1 aromatic rings. The molecule has 6 nitrogen and oxygen atoms in total. The Morgan fingerprint density at radius 1 is 1.50 bits per heavy atom. The molecule has 1 unspecified atom stereocenters. The summed E-state index contributed by atoms with van der Waals surface area (Å²) in [6.45, 7) is 2.89. The third kappa shape index (κ3) is 4.83. The van der Waals surface area contributed by atoms with Gasteiger partial charge in [0, 0.05) is 18.1 Å². The van der Waals surface area contributed by atoms with Gasteiger partial charge in [-0.15, -0.1) is 0 Å². The predicted octanol–water partition coefficient (Wildman–Crippen LogP) is 2.92. The highest BCUT2D eigenvalue weighted by molar-refractivity contribution is 5.71. The average molecular weight is 285 g/mol. The Morgan fingerprint density at radius 3 is 2.75 bits per heavy atom. The summed E-state index contributed by atoms with van der Waals surface area (Å²) in [6.07, 6.45) is -0.922. The first-order valence-electron chi connectivity index (χ1n) is 6.15. The van der Waals surface area contributed by atoms with E-state index in [0.717, 1.165) is 0 Å². The molecule has 0 fully saturated rings. The number of halogens is 1. The van der Waals surface area contributed by atoms with E-state index in [2.05, 4.69) is 4.74 Å². The van der Waals surface area contributed by atoms with Crippen molar-refractivity contribution in [2.75, 3.05) is 6.61 Å². The Labute approximate surface area is 115 Å². The number of esters is 1. The summed E-state index contributed by atoms with van der Waals surface area (Å²) in [5.41, 5.74) is 0.377. The van der Waals surface area contributed by atoms with E-state index in [0.29, 0.717) is 12.0 Å². The summed E-state index contributed by atoms with van der Waals surface area (Å²) >= 11 is 0. The molecule has 7 heteroatoms. The summed E-state index contributed by atoms with van der Waals surface area (Å²) in [6, 6.07) is 4.09. The number of carbonyl (C=O) groups is 1. The van der Waals surface area contributed by atoms with Crippen LogP contribution in [0.4, 0.5) is 10.1 Å². The molecule has 110 valence electrons. The number of nitrogens with zero attached hydrogens (tertiary/aromatic N) is 1. The molecule has 1 aromatic carbocycles. The van der Waals surface area contributed by atoms with E-state index in [-0.39, 0.29) is 17.9 Å². The number of benzene rings is 1. The Hall–Kier alpha value is -2.18. The van der Waals surface area contributed by atoms with E-state index in [1.807, 2.05) is 0 Å². The molecule has 1 rings (SSSR count). The van der Waals surface area contributed by atoms with Gasteiger partial charge in [0.15, 0.2) is 6.61 Å². The summed E-state index contributed by atoms with van der Waals surface area (Å²) in [4.78, 5) is 21.4. The van der Waals surface area contributed by atoms with Crippen LogP contribution in [-0.4, -0.2) is 23.9 Å². The smallest absolute Gasteiger partial charge is 0.346 e. The van der Waals surface area contributed by atoms with Crippen molar-refractivity contribution in [3.05, 3.63) is 33.9 Å². The minimum Gasteiger partial charge on any atom is -0.482 e. The topological polar surface area (TPSA) is 78.7 Å². The number of rotatable bonds is 7. The van der Waals surface area contributed by atoms with Gasteiger partial charge >= 0.3 is 5.97 Å². The van der Waals surface area contributed by atoms with Crippen LogP contribution in [0.25, 0.3) is 0 Å². The molecule has 0 aliphatic rings. The highest BCUT2D eigenvalue weighted by Crippen LogP contribution is 2.23. The third-order valence-electron chi connectivity index (χ3n) is 2.50. The van der Waals surface area contributed by atoms with Crippen molar-refractivity contribution >= 4 is 11.7 Å². The van der Waals surface area contributed by atoms with Gasteiger partial charge in [-0.25, -0.2) is 9.18 Å². The maximum Gasteiger partial charge on any atom is 0.346 e. The molecule has 20 heavy (non-hydrogen) atoms. The lowest BCUT2D eigenvalue weighted by Gasteiger charge is -2.10. The van der Waals surface area contributed by atoms with Gasteiger partial charge in [-0.3, -0.25) is 10.1 Å². The highest BCUT2D eigenvalue weighted by Gasteiger charge is 2.14. The Morgan fingerprint density at radius 2 is 2.20 bits per heavy atom. The molecule has 0 saturated heterocycles. The van der Waals surface area contributed by atoms with Crippen molar-refractivity contribution in [1.82, 2.24) is 0 Å². The normalized spacial score (nSPS) is 11.8. The first kappa shape index (κ1) is 15.9. The van der Waals surface area contributed by atoms with Crippen molar-refractivity contribution in [1.29, 1.82) is 0 Å². The van der Waals surface area contributed by atoms with Gasteiger partial charge in [-0.05, 0) is 25.5 Å². The SMILES string of the molecule is CCCC(F)OC(=O)COc1ccc([N+](=O)[O-])c(C)c1. The van der Waals surface area contributed by atoms with E-state index in [1.165, 1.54) is 18.2 Å². The molecular formula is C13H16FNO5. The quantitative estimate of drug-likeness (QED) is 0.437. The fraction of sp³-hybridized carbons (Fsp3) is 0.462. The van der Waals surface area contributed by atoms with E-state index in [1.54, 1.807) is 13.8 Å². The zero-order valence-electron chi connectivity index (χ0n) is 11.3. The van der Waals surface area contributed by atoms with Crippen molar-refractivity contribution in [2.45, 2.75) is 33.0 Å². The van der Waals surface area contributed by atoms with Crippen molar-refractivity contribution in [3.63, 3.8) is 0 Å². The van der Waals surface area contributed by atoms with Crippen LogP contribution in [-0.2, 0) is 9.53 Å². The van der Waals surface area contributed by atoms with Gasteiger partial charge in [0.1, 0.15) is 5.75 Å². The van der Waals surface area contributed by atoms with Crippen molar-refractivity contribution in [2.24, 2.45) is 0 Å². The van der Waals surface area contributed by atoms with Crippen molar-refractivity contribution in [3.8, 4) is 5.75 Å². The molecule has 0 aliphatic carbocycles. The molecule has 0 saturated carbocycles. The van der Waals surface area contributed by atoms with E-state index >= 15 is 0 Å². The zero-order valence-corrected chi connectivity index (χ0v) is 11.3. The first-order valence-corrected chi connectivity index (χ1v) is 6.15. The average Bonchev–Trinajstić information content (AvgIpc) is 2.36. The van der Waals surface area contributed by atoms with E-state index < -0.39 is 23.9 Å². The van der Waals surface area contributed by atoms with Gasteiger partial charge in [-0.1, -0.05) is 6.92 Å². The van der Waals surface area contributed by atoms with Crippen LogP contribution in [0.2, 0.25) is 0 Å². The molecule has 0 spiro atoms. The molecule has 0 aliphatic heterocycles. The van der Waals surface area contributed by atoms with Crippen molar-refractivity contribution < 1.29 is 23.6 Å². The maximum absolute atomic E-state index is 13.0. The fourth-order valence-electron chi connectivity index (χ4n) is 1.53. The van der Waals surface area contributed by atoms with Crippen LogP contribution >= 0.6 is 0 Å². The molecule has 0 heterocycles. The van der Waals surface area contributed by atoms with E-state index in [9.17, 15) is 19.3 Å². The zero-order chi connectivity index (χ0) is 15.1. The lowest BCUT2D eigenvalue weighted by Crippen LogP contribution is -2.19. The first-order chi connectivity index (χ1) is 9.43. The number of hydrogen-bond acceptors (Lipinski definition) is 5. The fourth-order valence-corrected chi connectivity index (χ4v) is 1.53. The third-order valence-corrected chi connectivity index (χ3v) is 2.50. The van der Waals surface area contributed by atoms with Crippen LogP contribution in [0.5, 0.6) is 5.75 Å². The molecular weight excluding hydrogens is 269 g/mol. The number of nitro groups is 1. The van der Waals surface area contributed by atoms with Crippen LogP contribution < -0.4 is 4.74 Å². The monoisotopic (exact) mass is 285 g/mol. The van der Waals surface area contributed by atoms with Crippen LogP contribution in [0.3, 0.4) is 0 Å².